The van der Waals surface area contributed by atoms with E-state index in [1.165, 1.54) is 11.0 Å². The fourth-order valence-corrected chi connectivity index (χ4v) is 1.18. The summed E-state index contributed by atoms with van der Waals surface area (Å²) in [7, 11) is 0. The van der Waals surface area contributed by atoms with Crippen LogP contribution in [0.1, 0.15) is 12.8 Å². The van der Waals surface area contributed by atoms with Gasteiger partial charge in [0.1, 0.15) is 0 Å². The molecule has 0 radical (unpaired) electrons. The molecule has 2 aromatic heterocycles. The van der Waals surface area contributed by atoms with Gasteiger partial charge in [0.15, 0.2) is 5.76 Å². The molecule has 2 aromatic rings. The van der Waals surface area contributed by atoms with Crippen LogP contribution in [0.15, 0.2) is 22.8 Å². The van der Waals surface area contributed by atoms with Gasteiger partial charge >= 0.3 is 0 Å². The van der Waals surface area contributed by atoms with Crippen LogP contribution >= 0.6 is 0 Å². The van der Waals surface area contributed by atoms with Crippen LogP contribution in [0.2, 0.25) is 0 Å². The van der Waals surface area contributed by atoms with Crippen molar-refractivity contribution in [1.82, 2.24) is 20.2 Å². The summed E-state index contributed by atoms with van der Waals surface area (Å²) >= 11 is 0. The Morgan fingerprint density at radius 1 is 1.53 bits per heavy atom. The summed E-state index contributed by atoms with van der Waals surface area (Å²) in [5.74, 6) is 1.11. The predicted molar refractivity (Wildman–Crippen MR) is 53.5 cm³/mol. The van der Waals surface area contributed by atoms with E-state index in [1.54, 1.807) is 18.4 Å². The Morgan fingerprint density at radius 2 is 2.47 bits per heavy atom. The number of aromatic nitrogens is 4. The zero-order valence-corrected chi connectivity index (χ0v) is 8.13. The summed E-state index contributed by atoms with van der Waals surface area (Å²) < 4.78 is 5.14. The maximum Gasteiger partial charge on any atom is 0.240 e. The molecule has 0 saturated carbocycles. The van der Waals surface area contributed by atoms with Crippen LogP contribution in [-0.4, -0.2) is 26.4 Å². The van der Waals surface area contributed by atoms with Crippen molar-refractivity contribution >= 4 is 6.21 Å². The molecule has 0 fully saturated rings. The van der Waals surface area contributed by atoms with Crippen LogP contribution in [0.5, 0.6) is 0 Å². The van der Waals surface area contributed by atoms with E-state index in [0.717, 1.165) is 12.8 Å². The average molecular weight is 205 g/mol. The molecule has 0 aliphatic carbocycles. The molecule has 2 heterocycles. The van der Waals surface area contributed by atoms with E-state index in [1.807, 2.05) is 0 Å². The lowest BCUT2D eigenvalue weighted by Crippen LogP contribution is -2.02. The molecular formula is C9H11N5O. The van der Waals surface area contributed by atoms with E-state index < -0.39 is 0 Å². The maximum atomic E-state index is 6.88. The smallest absolute Gasteiger partial charge is 0.240 e. The largest absolute Gasteiger partial charge is 0.461 e. The first kappa shape index (κ1) is 9.57. The lowest BCUT2D eigenvalue weighted by Gasteiger charge is -1.93. The molecule has 78 valence electrons. The molecule has 0 aromatic carbocycles. The number of aryl methyl sites for hydroxylation is 1. The van der Waals surface area contributed by atoms with Crippen LogP contribution in [0, 0.1) is 5.41 Å². The van der Waals surface area contributed by atoms with Gasteiger partial charge in [0, 0.05) is 0 Å². The third-order valence-electron chi connectivity index (χ3n) is 1.90. The van der Waals surface area contributed by atoms with Gasteiger partial charge < -0.3 is 9.83 Å². The van der Waals surface area contributed by atoms with Gasteiger partial charge in [-0.1, -0.05) is 0 Å². The van der Waals surface area contributed by atoms with Crippen molar-refractivity contribution in [2.45, 2.75) is 19.4 Å². The topological polar surface area (TPSA) is 80.6 Å². The minimum Gasteiger partial charge on any atom is -0.461 e. The molecule has 0 unspecified atom stereocenters. The average Bonchev–Trinajstić information content (AvgIpc) is 2.87. The summed E-state index contributed by atoms with van der Waals surface area (Å²) in [6.07, 6.45) is 4.53. The van der Waals surface area contributed by atoms with Crippen molar-refractivity contribution in [3.8, 4) is 11.6 Å². The van der Waals surface area contributed by atoms with E-state index in [4.69, 9.17) is 9.83 Å². The lowest BCUT2D eigenvalue weighted by atomic mass is 10.3. The van der Waals surface area contributed by atoms with E-state index in [0.29, 0.717) is 18.1 Å². The monoisotopic (exact) mass is 205 g/mol. The highest BCUT2D eigenvalue weighted by Gasteiger charge is 2.07. The van der Waals surface area contributed by atoms with Crippen molar-refractivity contribution in [3.63, 3.8) is 0 Å². The predicted octanol–water partition coefficient (Wildman–Crippen LogP) is 1.36. The molecule has 15 heavy (non-hydrogen) atoms. The summed E-state index contributed by atoms with van der Waals surface area (Å²) in [6.45, 7) is 0.670. The van der Waals surface area contributed by atoms with Crippen molar-refractivity contribution in [1.29, 1.82) is 5.41 Å². The Morgan fingerprint density at radius 3 is 3.20 bits per heavy atom. The molecule has 6 heteroatoms. The van der Waals surface area contributed by atoms with Crippen molar-refractivity contribution in [3.05, 3.63) is 18.4 Å². The van der Waals surface area contributed by atoms with Gasteiger partial charge in [-0.05, 0) is 36.4 Å². The van der Waals surface area contributed by atoms with Crippen LogP contribution in [0.3, 0.4) is 0 Å². The maximum absolute atomic E-state index is 6.88. The van der Waals surface area contributed by atoms with Crippen LogP contribution < -0.4 is 0 Å². The fourth-order valence-electron chi connectivity index (χ4n) is 1.18. The molecule has 0 atom stereocenters. The second-order valence-corrected chi connectivity index (χ2v) is 3.03. The van der Waals surface area contributed by atoms with Gasteiger partial charge in [-0.25, -0.2) is 0 Å². The summed E-state index contributed by atoms with van der Waals surface area (Å²) in [4.78, 5) is 1.52. The Labute approximate surface area is 86.4 Å². The number of nitrogens with zero attached hydrogens (tertiary/aromatic N) is 4. The number of tetrazole rings is 1. The van der Waals surface area contributed by atoms with Gasteiger partial charge in [0.25, 0.3) is 0 Å². The van der Waals surface area contributed by atoms with Crippen LogP contribution in [-0.2, 0) is 6.54 Å². The Balaban J connectivity index is 2.01. The quantitative estimate of drug-likeness (QED) is 0.590. The zero-order chi connectivity index (χ0) is 10.5. The number of unbranched alkanes of at least 4 members (excludes halogenated alkanes) is 1. The molecule has 0 aliphatic heterocycles. The van der Waals surface area contributed by atoms with Crippen LogP contribution in [0.25, 0.3) is 11.6 Å². The SMILES string of the molecule is N=CCCCn1nnc(-c2ccco2)n1. The summed E-state index contributed by atoms with van der Waals surface area (Å²) in [5, 5.41) is 18.8. The third-order valence-corrected chi connectivity index (χ3v) is 1.90. The Kier molecular flexibility index (Phi) is 2.87. The minimum atomic E-state index is 0.495. The van der Waals surface area contributed by atoms with Gasteiger partial charge in [0.2, 0.25) is 5.82 Å². The highest BCUT2D eigenvalue weighted by Crippen LogP contribution is 2.12. The van der Waals surface area contributed by atoms with E-state index in [2.05, 4.69) is 15.4 Å². The highest BCUT2D eigenvalue weighted by molar-refractivity contribution is 5.52. The first-order chi connectivity index (χ1) is 7.40. The first-order valence-corrected chi connectivity index (χ1v) is 4.71. The number of nitrogens with one attached hydrogen (secondary N) is 1. The molecule has 0 aliphatic rings. The van der Waals surface area contributed by atoms with Crippen LogP contribution in [0.4, 0.5) is 0 Å². The Hall–Kier alpha value is -1.98. The number of rotatable bonds is 5. The normalized spacial score (nSPS) is 10.4. The molecule has 2 rings (SSSR count). The summed E-state index contributed by atoms with van der Waals surface area (Å²) in [6, 6.07) is 3.57. The van der Waals surface area contributed by atoms with Gasteiger partial charge in [-0.3, -0.25) is 0 Å². The molecule has 0 bridgehead atoms. The minimum absolute atomic E-state index is 0.495. The van der Waals surface area contributed by atoms with Gasteiger partial charge in [-0.15, -0.1) is 10.2 Å². The van der Waals surface area contributed by atoms with Crippen molar-refractivity contribution in [2.24, 2.45) is 0 Å². The molecule has 0 spiro atoms. The van der Waals surface area contributed by atoms with E-state index >= 15 is 0 Å². The lowest BCUT2D eigenvalue weighted by molar-refractivity contribution is 0.506. The van der Waals surface area contributed by atoms with Gasteiger partial charge in [-0.2, -0.15) is 4.80 Å². The number of hydrogen-bond acceptors (Lipinski definition) is 5. The fraction of sp³-hybridized carbons (Fsp3) is 0.333. The van der Waals surface area contributed by atoms with Crippen molar-refractivity contribution in [2.75, 3.05) is 0 Å². The zero-order valence-electron chi connectivity index (χ0n) is 8.13. The standard InChI is InChI=1S/C9H11N5O/c10-5-1-2-6-14-12-9(11-13-14)8-4-3-7-15-8/h3-5,7,10H,1-2,6H2. The number of furan rings is 1. The molecule has 0 amide bonds. The number of hydrogen-bond donors (Lipinski definition) is 1. The molecule has 6 nitrogen and oxygen atoms in total. The van der Waals surface area contributed by atoms with Gasteiger partial charge in [0.05, 0.1) is 12.8 Å². The van der Waals surface area contributed by atoms with Crippen molar-refractivity contribution < 1.29 is 4.42 Å². The molecule has 0 saturated heterocycles. The second-order valence-electron chi connectivity index (χ2n) is 3.03. The van der Waals surface area contributed by atoms with E-state index in [-0.39, 0.29) is 0 Å². The highest BCUT2D eigenvalue weighted by atomic mass is 16.3. The van der Waals surface area contributed by atoms with E-state index in [9.17, 15) is 0 Å². The first-order valence-electron chi connectivity index (χ1n) is 4.71. The summed E-state index contributed by atoms with van der Waals surface area (Å²) in [5.41, 5.74) is 0. The molecule has 1 N–H and O–H groups in total. The molecular weight excluding hydrogens is 194 g/mol. The second kappa shape index (κ2) is 4.50. The Bertz CT molecular complexity index is 419. The third kappa shape index (κ3) is 2.28.